The predicted octanol–water partition coefficient (Wildman–Crippen LogP) is 0.867. The molecule has 0 aliphatic carbocycles. The number of amides is 1. The van der Waals surface area contributed by atoms with Crippen LogP contribution in [-0.2, 0) is 9.59 Å². The molecule has 2 saturated heterocycles. The van der Waals surface area contributed by atoms with Crippen molar-refractivity contribution in [2.75, 3.05) is 33.7 Å². The van der Waals surface area contributed by atoms with Crippen molar-refractivity contribution >= 4 is 11.9 Å². The zero-order valence-corrected chi connectivity index (χ0v) is 14.2. The largest absolute Gasteiger partial charge is 0.480 e. The van der Waals surface area contributed by atoms with Crippen molar-refractivity contribution in [3.8, 4) is 0 Å². The van der Waals surface area contributed by atoms with Crippen molar-refractivity contribution in [3.05, 3.63) is 0 Å². The smallest absolute Gasteiger partial charge is 0.326 e. The van der Waals surface area contributed by atoms with E-state index in [4.69, 9.17) is 0 Å². The van der Waals surface area contributed by atoms with Gasteiger partial charge in [0, 0.05) is 12.6 Å². The Balaban J connectivity index is 2.07. The Morgan fingerprint density at radius 3 is 2.27 bits per heavy atom. The molecule has 0 aromatic heterocycles. The van der Waals surface area contributed by atoms with Gasteiger partial charge >= 0.3 is 5.97 Å². The Morgan fingerprint density at radius 1 is 1.14 bits per heavy atom. The van der Waals surface area contributed by atoms with Crippen molar-refractivity contribution < 1.29 is 14.7 Å². The van der Waals surface area contributed by atoms with Crippen LogP contribution >= 0.6 is 0 Å². The van der Waals surface area contributed by atoms with Crippen molar-refractivity contribution in [2.24, 2.45) is 0 Å². The second-order valence-corrected chi connectivity index (χ2v) is 7.20. The van der Waals surface area contributed by atoms with E-state index < -0.39 is 17.6 Å². The summed E-state index contributed by atoms with van der Waals surface area (Å²) in [5.74, 6) is -0.942. The van der Waals surface area contributed by atoms with Crippen molar-refractivity contribution in [1.29, 1.82) is 0 Å². The molecule has 2 fully saturated rings. The van der Waals surface area contributed by atoms with Crippen LogP contribution in [0.3, 0.4) is 0 Å². The average molecular weight is 311 g/mol. The van der Waals surface area contributed by atoms with E-state index in [-0.39, 0.29) is 5.91 Å². The highest BCUT2D eigenvalue weighted by molar-refractivity contribution is 5.90. The number of likely N-dealkylation sites (N-methyl/N-ethyl adjacent to an activating group) is 1. The number of carboxylic acids is 1. The van der Waals surface area contributed by atoms with Gasteiger partial charge in [-0.2, -0.15) is 0 Å². The second kappa shape index (κ2) is 6.54. The van der Waals surface area contributed by atoms with Crippen LogP contribution in [0.25, 0.3) is 0 Å². The standard InChI is InChI=1S/C16H29N3O3/c1-16(2,18(4)12-7-10-17(3)11-8-12)15(22)19-9-5-6-13(19)14(20)21/h12-13H,5-11H2,1-4H3,(H,20,21). The van der Waals surface area contributed by atoms with Crippen LogP contribution in [0.1, 0.15) is 39.5 Å². The molecule has 22 heavy (non-hydrogen) atoms. The van der Waals surface area contributed by atoms with Gasteiger partial charge < -0.3 is 14.9 Å². The van der Waals surface area contributed by atoms with E-state index in [0.717, 1.165) is 32.4 Å². The van der Waals surface area contributed by atoms with Gasteiger partial charge in [0.15, 0.2) is 0 Å². The SMILES string of the molecule is CN1CCC(N(C)C(C)(C)C(=O)N2CCCC2C(=O)O)CC1. The lowest BCUT2D eigenvalue weighted by Crippen LogP contribution is -2.60. The van der Waals surface area contributed by atoms with Crippen molar-refractivity contribution in [3.63, 3.8) is 0 Å². The van der Waals surface area contributed by atoms with Gasteiger partial charge in [0.25, 0.3) is 0 Å². The summed E-state index contributed by atoms with van der Waals surface area (Å²) < 4.78 is 0. The fraction of sp³-hybridized carbons (Fsp3) is 0.875. The minimum absolute atomic E-state index is 0.0566. The maximum atomic E-state index is 12.9. The first-order chi connectivity index (χ1) is 10.2. The molecule has 1 atom stereocenters. The van der Waals surface area contributed by atoms with Crippen LogP contribution < -0.4 is 0 Å². The first-order valence-corrected chi connectivity index (χ1v) is 8.20. The molecule has 0 aromatic rings. The predicted molar refractivity (Wildman–Crippen MR) is 84.7 cm³/mol. The van der Waals surface area contributed by atoms with Gasteiger partial charge in [-0.25, -0.2) is 4.79 Å². The molecular formula is C16H29N3O3. The molecule has 126 valence electrons. The van der Waals surface area contributed by atoms with E-state index in [1.165, 1.54) is 0 Å². The molecule has 1 unspecified atom stereocenters. The van der Waals surface area contributed by atoms with Crippen molar-refractivity contribution in [1.82, 2.24) is 14.7 Å². The summed E-state index contributed by atoms with van der Waals surface area (Å²) in [4.78, 5) is 30.3. The van der Waals surface area contributed by atoms with Crippen LogP contribution in [-0.4, -0.2) is 83.0 Å². The third kappa shape index (κ3) is 3.27. The van der Waals surface area contributed by atoms with E-state index in [1.807, 2.05) is 20.9 Å². The number of hydrogen-bond donors (Lipinski definition) is 1. The zero-order chi connectivity index (χ0) is 16.5. The number of likely N-dealkylation sites (tertiary alicyclic amines) is 2. The molecule has 0 saturated carbocycles. The molecule has 2 aliphatic rings. The Kier molecular flexibility index (Phi) is 5.12. The van der Waals surface area contributed by atoms with Gasteiger partial charge in [-0.3, -0.25) is 9.69 Å². The first-order valence-electron chi connectivity index (χ1n) is 8.20. The topological polar surface area (TPSA) is 64.1 Å². The fourth-order valence-electron chi connectivity index (χ4n) is 3.61. The maximum absolute atomic E-state index is 12.9. The molecule has 0 spiro atoms. The molecule has 1 N–H and O–H groups in total. The summed E-state index contributed by atoms with van der Waals surface area (Å²) in [5.41, 5.74) is -0.668. The van der Waals surface area contributed by atoms with Gasteiger partial charge in [0.05, 0.1) is 5.54 Å². The summed E-state index contributed by atoms with van der Waals surface area (Å²) in [5, 5.41) is 9.30. The molecule has 2 heterocycles. The Bertz CT molecular complexity index is 430. The molecule has 6 nitrogen and oxygen atoms in total. The molecule has 6 heteroatoms. The highest BCUT2D eigenvalue weighted by atomic mass is 16.4. The minimum Gasteiger partial charge on any atom is -0.480 e. The first kappa shape index (κ1) is 17.2. The lowest BCUT2D eigenvalue weighted by molar-refractivity contribution is -0.154. The summed E-state index contributed by atoms with van der Waals surface area (Å²) in [7, 11) is 4.12. The number of carbonyl (C=O) groups excluding carboxylic acids is 1. The highest BCUT2D eigenvalue weighted by Gasteiger charge is 2.44. The van der Waals surface area contributed by atoms with E-state index in [0.29, 0.717) is 19.0 Å². The molecular weight excluding hydrogens is 282 g/mol. The van der Waals surface area contributed by atoms with Gasteiger partial charge in [-0.15, -0.1) is 0 Å². The van der Waals surface area contributed by atoms with E-state index in [1.54, 1.807) is 4.90 Å². The summed E-state index contributed by atoms with van der Waals surface area (Å²) in [6, 6.07) is -0.279. The second-order valence-electron chi connectivity index (χ2n) is 7.20. The summed E-state index contributed by atoms with van der Waals surface area (Å²) in [6.45, 7) is 6.48. The number of carbonyl (C=O) groups is 2. The van der Waals surface area contributed by atoms with Crippen LogP contribution in [0, 0.1) is 0 Å². The van der Waals surface area contributed by atoms with Crippen LogP contribution in [0.4, 0.5) is 0 Å². The molecule has 2 aliphatic heterocycles. The third-order valence-electron chi connectivity index (χ3n) is 5.44. The maximum Gasteiger partial charge on any atom is 0.326 e. The summed E-state index contributed by atoms with van der Waals surface area (Å²) in [6.07, 6.45) is 3.43. The van der Waals surface area contributed by atoms with E-state index >= 15 is 0 Å². The highest BCUT2D eigenvalue weighted by Crippen LogP contribution is 2.28. The van der Waals surface area contributed by atoms with Crippen LogP contribution in [0.5, 0.6) is 0 Å². The zero-order valence-electron chi connectivity index (χ0n) is 14.2. The summed E-state index contributed by atoms with van der Waals surface area (Å²) >= 11 is 0. The fourth-order valence-corrected chi connectivity index (χ4v) is 3.61. The van der Waals surface area contributed by atoms with Gasteiger partial charge in [-0.1, -0.05) is 0 Å². The van der Waals surface area contributed by atoms with Gasteiger partial charge in [0.2, 0.25) is 5.91 Å². The Morgan fingerprint density at radius 2 is 1.73 bits per heavy atom. The third-order valence-corrected chi connectivity index (χ3v) is 5.44. The van der Waals surface area contributed by atoms with E-state index in [2.05, 4.69) is 16.8 Å². The lowest BCUT2D eigenvalue weighted by Gasteiger charge is -2.44. The monoisotopic (exact) mass is 311 g/mol. The quantitative estimate of drug-likeness (QED) is 0.834. The van der Waals surface area contributed by atoms with Gasteiger partial charge in [0.1, 0.15) is 6.04 Å². The normalized spacial score (nSPS) is 25.0. The van der Waals surface area contributed by atoms with E-state index in [9.17, 15) is 14.7 Å². The van der Waals surface area contributed by atoms with Gasteiger partial charge in [-0.05, 0) is 66.7 Å². The number of aliphatic carboxylic acids is 1. The number of hydrogen-bond acceptors (Lipinski definition) is 4. The number of rotatable bonds is 4. The molecule has 0 bridgehead atoms. The molecule has 2 rings (SSSR count). The van der Waals surface area contributed by atoms with Crippen LogP contribution in [0.2, 0.25) is 0 Å². The van der Waals surface area contributed by atoms with Crippen LogP contribution in [0.15, 0.2) is 0 Å². The number of piperidine rings is 1. The lowest BCUT2D eigenvalue weighted by atomic mass is 9.94. The molecule has 0 radical (unpaired) electrons. The minimum atomic E-state index is -0.886. The number of nitrogens with zero attached hydrogens (tertiary/aromatic N) is 3. The Labute approximate surface area is 133 Å². The number of carboxylic acid groups (broad SMARTS) is 1. The van der Waals surface area contributed by atoms with Crippen molar-refractivity contribution in [2.45, 2.75) is 57.2 Å². The average Bonchev–Trinajstić information content (AvgIpc) is 2.96. The molecule has 0 aromatic carbocycles. The Hall–Kier alpha value is -1.14. The molecule has 1 amide bonds.